The van der Waals surface area contributed by atoms with Gasteiger partial charge in [-0.25, -0.2) is 8.78 Å². The first-order chi connectivity index (χ1) is 7.74. The predicted octanol–water partition coefficient (Wildman–Crippen LogP) is 2.28. The fraction of sp³-hybridized carbons (Fsp3) is 0.700. The maximum Gasteiger partial charge on any atom is 0.319 e. The van der Waals surface area contributed by atoms with Crippen LogP contribution in [0.2, 0.25) is 0 Å². The summed E-state index contributed by atoms with van der Waals surface area (Å²) in [6, 6.07) is -0.451. The highest BCUT2D eigenvalue weighted by atomic mass is 19.3. The molecule has 0 spiro atoms. The van der Waals surface area contributed by atoms with Gasteiger partial charge >= 0.3 is 12.3 Å². The lowest BCUT2D eigenvalue weighted by atomic mass is 10.1. The predicted molar refractivity (Wildman–Crippen MR) is 55.3 cm³/mol. The Hall–Kier alpha value is -1.11. The standard InChI is InChI=1S/C10H15F4N3/c1-6(8-4-17(3)16-7(8)2)15-5-10(13,14)9(11)12/h4,6,9,15H,5H2,1-3H3. The Morgan fingerprint density at radius 1 is 1.47 bits per heavy atom. The average Bonchev–Trinajstić information content (AvgIpc) is 2.54. The van der Waals surface area contributed by atoms with Crippen LogP contribution in [0.1, 0.15) is 24.2 Å². The van der Waals surface area contributed by atoms with Gasteiger partial charge < -0.3 is 5.32 Å². The Labute approximate surface area is 96.8 Å². The fourth-order valence-corrected chi connectivity index (χ4v) is 1.52. The van der Waals surface area contributed by atoms with E-state index < -0.39 is 24.9 Å². The molecule has 0 bridgehead atoms. The summed E-state index contributed by atoms with van der Waals surface area (Å²) in [5, 5.41) is 6.44. The minimum Gasteiger partial charge on any atom is -0.304 e. The van der Waals surface area contributed by atoms with Crippen LogP contribution in [-0.4, -0.2) is 28.7 Å². The molecule has 0 aliphatic rings. The maximum atomic E-state index is 12.7. The molecule has 1 rings (SSSR count). The Morgan fingerprint density at radius 2 is 2.06 bits per heavy atom. The molecule has 0 fully saturated rings. The van der Waals surface area contributed by atoms with Crippen LogP contribution in [0, 0.1) is 6.92 Å². The Morgan fingerprint density at radius 3 is 2.47 bits per heavy atom. The van der Waals surface area contributed by atoms with E-state index >= 15 is 0 Å². The zero-order chi connectivity index (χ0) is 13.2. The van der Waals surface area contributed by atoms with Crippen molar-refractivity contribution in [1.82, 2.24) is 15.1 Å². The number of rotatable bonds is 5. The highest BCUT2D eigenvalue weighted by Crippen LogP contribution is 2.23. The summed E-state index contributed by atoms with van der Waals surface area (Å²) in [5.74, 6) is -4.01. The van der Waals surface area contributed by atoms with E-state index in [9.17, 15) is 17.6 Å². The van der Waals surface area contributed by atoms with E-state index in [1.54, 1.807) is 31.8 Å². The third kappa shape index (κ3) is 3.42. The summed E-state index contributed by atoms with van der Waals surface area (Å²) in [6.45, 7) is 2.31. The van der Waals surface area contributed by atoms with Gasteiger partial charge in [0.2, 0.25) is 0 Å². The van der Waals surface area contributed by atoms with Crippen molar-refractivity contribution in [3.8, 4) is 0 Å². The Kier molecular flexibility index (Phi) is 4.13. The van der Waals surface area contributed by atoms with E-state index in [2.05, 4.69) is 10.4 Å². The normalized spacial score (nSPS) is 14.4. The van der Waals surface area contributed by atoms with Crippen molar-refractivity contribution in [2.45, 2.75) is 32.2 Å². The number of hydrogen-bond acceptors (Lipinski definition) is 2. The van der Waals surface area contributed by atoms with Gasteiger partial charge in [-0.1, -0.05) is 0 Å². The molecule has 3 nitrogen and oxygen atoms in total. The fourth-order valence-electron chi connectivity index (χ4n) is 1.52. The molecular formula is C10H15F4N3. The lowest BCUT2D eigenvalue weighted by molar-refractivity contribution is -0.126. The first kappa shape index (κ1) is 14.0. The van der Waals surface area contributed by atoms with Crippen molar-refractivity contribution in [3.05, 3.63) is 17.5 Å². The van der Waals surface area contributed by atoms with Crippen LogP contribution in [0.15, 0.2) is 6.20 Å². The molecule has 0 amide bonds. The van der Waals surface area contributed by atoms with Gasteiger partial charge in [-0.05, 0) is 13.8 Å². The second kappa shape index (κ2) is 5.03. The number of alkyl halides is 4. The van der Waals surface area contributed by atoms with Gasteiger partial charge in [0.15, 0.2) is 0 Å². The summed E-state index contributed by atoms with van der Waals surface area (Å²) in [6.07, 6.45) is -1.98. The van der Waals surface area contributed by atoms with Crippen molar-refractivity contribution in [3.63, 3.8) is 0 Å². The molecule has 0 saturated heterocycles. The number of halogens is 4. The van der Waals surface area contributed by atoms with E-state index in [-0.39, 0.29) is 0 Å². The van der Waals surface area contributed by atoms with Crippen LogP contribution < -0.4 is 5.32 Å². The number of aromatic nitrogens is 2. The van der Waals surface area contributed by atoms with Crippen molar-refractivity contribution >= 4 is 0 Å². The van der Waals surface area contributed by atoms with E-state index in [1.807, 2.05) is 0 Å². The van der Waals surface area contributed by atoms with Crippen molar-refractivity contribution < 1.29 is 17.6 Å². The lowest BCUT2D eigenvalue weighted by Crippen LogP contribution is -2.39. The molecule has 1 atom stereocenters. The molecule has 0 aliphatic heterocycles. The van der Waals surface area contributed by atoms with Gasteiger partial charge in [0.25, 0.3) is 0 Å². The van der Waals surface area contributed by atoms with Gasteiger partial charge in [-0.3, -0.25) is 4.68 Å². The van der Waals surface area contributed by atoms with Gasteiger partial charge in [0.1, 0.15) is 0 Å². The first-order valence-corrected chi connectivity index (χ1v) is 5.13. The topological polar surface area (TPSA) is 29.9 Å². The molecule has 1 unspecified atom stereocenters. The van der Waals surface area contributed by atoms with Crippen LogP contribution in [0.25, 0.3) is 0 Å². The first-order valence-electron chi connectivity index (χ1n) is 5.13. The maximum absolute atomic E-state index is 12.7. The van der Waals surface area contributed by atoms with Crippen molar-refractivity contribution in [2.24, 2.45) is 7.05 Å². The smallest absolute Gasteiger partial charge is 0.304 e. The number of aryl methyl sites for hydroxylation is 2. The average molecular weight is 253 g/mol. The van der Waals surface area contributed by atoms with Crippen LogP contribution in [-0.2, 0) is 7.05 Å². The number of nitrogens with zero attached hydrogens (tertiary/aromatic N) is 2. The zero-order valence-electron chi connectivity index (χ0n) is 9.85. The van der Waals surface area contributed by atoms with E-state index in [0.29, 0.717) is 5.69 Å². The van der Waals surface area contributed by atoms with Gasteiger partial charge in [-0.2, -0.15) is 13.9 Å². The molecule has 1 heterocycles. The quantitative estimate of drug-likeness (QED) is 0.816. The highest BCUT2D eigenvalue weighted by molar-refractivity contribution is 5.19. The molecule has 1 N–H and O–H groups in total. The van der Waals surface area contributed by atoms with Crippen LogP contribution in [0.3, 0.4) is 0 Å². The highest BCUT2D eigenvalue weighted by Gasteiger charge is 2.40. The third-order valence-electron chi connectivity index (χ3n) is 2.48. The van der Waals surface area contributed by atoms with Crippen LogP contribution in [0.4, 0.5) is 17.6 Å². The third-order valence-corrected chi connectivity index (χ3v) is 2.48. The number of nitrogens with one attached hydrogen (secondary N) is 1. The van der Waals surface area contributed by atoms with Gasteiger partial charge in [0.05, 0.1) is 12.2 Å². The molecule has 98 valence electrons. The van der Waals surface area contributed by atoms with Crippen molar-refractivity contribution in [2.75, 3.05) is 6.54 Å². The second-order valence-corrected chi connectivity index (χ2v) is 4.01. The zero-order valence-corrected chi connectivity index (χ0v) is 9.85. The molecule has 17 heavy (non-hydrogen) atoms. The summed E-state index contributed by atoms with van der Waals surface area (Å²) < 4.78 is 50.8. The minimum absolute atomic E-state index is 0.451. The Balaban J connectivity index is 2.62. The van der Waals surface area contributed by atoms with E-state index in [0.717, 1.165) is 5.56 Å². The lowest BCUT2D eigenvalue weighted by Gasteiger charge is -2.19. The minimum atomic E-state index is -4.01. The molecule has 0 saturated carbocycles. The molecule has 1 aromatic heterocycles. The van der Waals surface area contributed by atoms with Gasteiger partial charge in [-0.15, -0.1) is 0 Å². The summed E-state index contributed by atoms with van der Waals surface area (Å²) in [7, 11) is 1.71. The Bertz CT molecular complexity index is 376. The molecule has 0 aromatic carbocycles. The SMILES string of the molecule is Cc1nn(C)cc1C(C)NCC(F)(F)C(F)F. The van der Waals surface area contributed by atoms with E-state index in [4.69, 9.17) is 0 Å². The molecule has 0 radical (unpaired) electrons. The van der Waals surface area contributed by atoms with Gasteiger partial charge in [0, 0.05) is 24.8 Å². The molecule has 7 heteroatoms. The van der Waals surface area contributed by atoms with Crippen molar-refractivity contribution in [1.29, 1.82) is 0 Å². The monoisotopic (exact) mass is 253 g/mol. The summed E-state index contributed by atoms with van der Waals surface area (Å²) >= 11 is 0. The summed E-state index contributed by atoms with van der Waals surface area (Å²) in [5.41, 5.74) is 1.41. The molecule has 0 aliphatic carbocycles. The number of hydrogen-bond donors (Lipinski definition) is 1. The second-order valence-electron chi connectivity index (χ2n) is 4.01. The largest absolute Gasteiger partial charge is 0.319 e. The van der Waals surface area contributed by atoms with Crippen LogP contribution >= 0.6 is 0 Å². The molecule has 1 aromatic rings. The molecular weight excluding hydrogens is 238 g/mol. The van der Waals surface area contributed by atoms with Crippen LogP contribution in [0.5, 0.6) is 0 Å². The summed E-state index contributed by atoms with van der Waals surface area (Å²) in [4.78, 5) is 0. The van der Waals surface area contributed by atoms with E-state index in [1.165, 1.54) is 0 Å².